The van der Waals surface area contributed by atoms with Crippen LogP contribution in [-0.4, -0.2) is 18.0 Å². The largest absolute Gasteiger partial charge is 0.457 e. The number of hydrogen-bond donors (Lipinski definition) is 0. The molecule has 0 amide bonds. The summed E-state index contributed by atoms with van der Waals surface area (Å²) < 4.78 is 16.6. The molecule has 0 atom stereocenters. The van der Waals surface area contributed by atoms with Crippen molar-refractivity contribution in [3.63, 3.8) is 0 Å². The summed E-state index contributed by atoms with van der Waals surface area (Å²) in [4.78, 5) is 2.45. The SMILES string of the molecule is c1ccc2c(c1)Oc1c3c(c4c5c1-n1c6ccccc6c6cccc(c61)B5c1ccccc1O4)Sc1ccccc1B23. The van der Waals surface area contributed by atoms with Crippen molar-refractivity contribution in [2.24, 2.45) is 0 Å². The molecule has 1 aromatic heterocycles. The Morgan fingerprint density at radius 2 is 1.14 bits per heavy atom. The molecule has 0 radical (unpaired) electrons. The standard InChI is InChI=1S/C36H19B2NO2S/c1-5-16-26-20(10-1)21-11-9-15-25-32(21)39(26)33-30-35(41-28-18-7-3-13-23(28)38(25)30)36-31-34(33)40-27-17-6-2-12-22(27)37(31)24-14-4-8-19-29(24)42-36/h1-19H. The maximum absolute atomic E-state index is 7.07. The van der Waals surface area contributed by atoms with Gasteiger partial charge >= 0.3 is 0 Å². The molecular formula is C36H19B2NO2S. The van der Waals surface area contributed by atoms with E-state index in [-0.39, 0.29) is 13.4 Å². The van der Waals surface area contributed by atoms with Crippen molar-refractivity contribution < 1.29 is 9.47 Å². The van der Waals surface area contributed by atoms with Gasteiger partial charge in [-0.15, -0.1) is 0 Å². The number of ether oxygens (including phenoxy) is 2. The summed E-state index contributed by atoms with van der Waals surface area (Å²) in [6, 6.07) is 41.5. The fraction of sp³-hybridized carbons (Fsp3) is 0. The molecule has 0 saturated heterocycles. The molecular weight excluding hydrogens is 532 g/mol. The Kier molecular flexibility index (Phi) is 3.92. The summed E-state index contributed by atoms with van der Waals surface area (Å²) in [5.74, 6) is 3.80. The van der Waals surface area contributed by atoms with E-state index in [1.165, 1.54) is 64.4 Å². The number of aromatic nitrogens is 1. The number of benzene rings is 6. The van der Waals surface area contributed by atoms with Crippen LogP contribution in [-0.2, 0) is 0 Å². The molecule has 0 saturated carbocycles. The van der Waals surface area contributed by atoms with E-state index < -0.39 is 0 Å². The molecule has 0 N–H and O–H groups in total. The maximum atomic E-state index is 7.07. The lowest BCUT2D eigenvalue weighted by atomic mass is 9.32. The third kappa shape index (κ3) is 2.47. The maximum Gasteiger partial charge on any atom is 0.256 e. The predicted molar refractivity (Wildman–Crippen MR) is 174 cm³/mol. The number of nitrogens with zero attached hydrogens (tertiary/aromatic N) is 1. The van der Waals surface area contributed by atoms with Crippen molar-refractivity contribution >= 4 is 79.8 Å². The van der Waals surface area contributed by atoms with E-state index in [0.717, 1.165) is 28.7 Å². The van der Waals surface area contributed by atoms with Crippen molar-refractivity contribution in [2.45, 2.75) is 9.79 Å². The zero-order chi connectivity index (χ0) is 27.1. The summed E-state index contributed by atoms with van der Waals surface area (Å²) in [7, 11) is 0. The number of hydrogen-bond acceptors (Lipinski definition) is 3. The fourth-order valence-corrected chi connectivity index (χ4v) is 9.23. The molecule has 5 heterocycles. The first-order chi connectivity index (χ1) is 20.9. The molecule has 0 fully saturated rings. The van der Waals surface area contributed by atoms with Crippen molar-refractivity contribution in [1.29, 1.82) is 0 Å². The van der Waals surface area contributed by atoms with E-state index in [4.69, 9.17) is 9.47 Å². The van der Waals surface area contributed by atoms with E-state index in [9.17, 15) is 0 Å². The van der Waals surface area contributed by atoms with Crippen LogP contribution in [0.4, 0.5) is 0 Å². The van der Waals surface area contributed by atoms with Gasteiger partial charge in [-0.3, -0.25) is 0 Å². The average molecular weight is 551 g/mol. The second-order valence-corrected chi connectivity index (χ2v) is 12.6. The Labute approximate surface area is 246 Å². The minimum Gasteiger partial charge on any atom is -0.457 e. The lowest BCUT2D eigenvalue weighted by Crippen LogP contribution is -2.62. The van der Waals surface area contributed by atoms with Crippen LogP contribution in [0.15, 0.2) is 125 Å². The highest BCUT2D eigenvalue weighted by atomic mass is 32.2. The molecule has 42 heavy (non-hydrogen) atoms. The quantitative estimate of drug-likeness (QED) is 0.253. The number of para-hydroxylation sites is 4. The fourth-order valence-electron chi connectivity index (χ4n) is 8.00. The van der Waals surface area contributed by atoms with Gasteiger partial charge < -0.3 is 14.0 Å². The first-order valence-electron chi connectivity index (χ1n) is 14.4. The Morgan fingerprint density at radius 1 is 0.524 bits per heavy atom. The summed E-state index contributed by atoms with van der Waals surface area (Å²) >= 11 is 1.82. The van der Waals surface area contributed by atoms with Crippen LogP contribution in [0.1, 0.15) is 0 Å². The highest BCUT2D eigenvalue weighted by Gasteiger charge is 2.49. The minimum atomic E-state index is 0.0407. The Morgan fingerprint density at radius 3 is 1.98 bits per heavy atom. The molecule has 4 aliphatic rings. The van der Waals surface area contributed by atoms with Gasteiger partial charge in [0.25, 0.3) is 13.4 Å². The van der Waals surface area contributed by atoms with Crippen molar-refractivity contribution in [2.75, 3.05) is 0 Å². The van der Waals surface area contributed by atoms with Gasteiger partial charge in [-0.2, -0.15) is 0 Å². The van der Waals surface area contributed by atoms with E-state index in [0.29, 0.717) is 0 Å². The molecule has 3 nitrogen and oxygen atoms in total. The summed E-state index contributed by atoms with van der Waals surface area (Å²) in [5.41, 5.74) is 11.0. The zero-order valence-corrected chi connectivity index (χ0v) is 23.1. The molecule has 0 spiro atoms. The molecule has 0 aliphatic carbocycles. The summed E-state index contributed by atoms with van der Waals surface area (Å²) in [6.45, 7) is 0.103. The zero-order valence-electron chi connectivity index (χ0n) is 22.3. The van der Waals surface area contributed by atoms with Crippen LogP contribution in [0.25, 0.3) is 27.5 Å². The highest BCUT2D eigenvalue weighted by molar-refractivity contribution is 8.00. The molecule has 0 bridgehead atoms. The minimum absolute atomic E-state index is 0.0407. The van der Waals surface area contributed by atoms with Crippen molar-refractivity contribution in [1.82, 2.24) is 4.57 Å². The monoisotopic (exact) mass is 551 g/mol. The molecule has 7 aromatic rings. The van der Waals surface area contributed by atoms with E-state index in [2.05, 4.69) is 120 Å². The lowest BCUT2D eigenvalue weighted by molar-refractivity contribution is 0.464. The third-order valence-corrected chi connectivity index (χ3v) is 10.8. The van der Waals surface area contributed by atoms with E-state index in [1.54, 1.807) is 0 Å². The van der Waals surface area contributed by atoms with Crippen LogP contribution >= 0.6 is 11.8 Å². The van der Waals surface area contributed by atoms with Gasteiger partial charge in [-0.25, -0.2) is 0 Å². The summed E-state index contributed by atoms with van der Waals surface area (Å²) in [6.07, 6.45) is 0. The van der Waals surface area contributed by atoms with Gasteiger partial charge in [0.15, 0.2) is 0 Å². The number of rotatable bonds is 0. The predicted octanol–water partition coefficient (Wildman–Crippen LogP) is 4.81. The first kappa shape index (κ1) is 21.9. The van der Waals surface area contributed by atoms with Gasteiger partial charge in [0, 0.05) is 26.6 Å². The lowest BCUT2D eigenvalue weighted by Gasteiger charge is -2.40. The topological polar surface area (TPSA) is 23.4 Å². The summed E-state index contributed by atoms with van der Waals surface area (Å²) in [5, 5.41) is 2.53. The Bertz CT molecular complexity index is 2370. The average Bonchev–Trinajstić information content (AvgIpc) is 3.39. The van der Waals surface area contributed by atoms with Gasteiger partial charge in [0.05, 0.1) is 16.1 Å². The Balaban J connectivity index is 1.38. The van der Waals surface area contributed by atoms with Gasteiger partial charge in [0.2, 0.25) is 0 Å². The van der Waals surface area contributed by atoms with Crippen LogP contribution in [0.2, 0.25) is 0 Å². The molecule has 6 aromatic carbocycles. The molecule has 0 unspecified atom stereocenters. The molecule has 6 heteroatoms. The van der Waals surface area contributed by atoms with Crippen molar-refractivity contribution in [3.05, 3.63) is 115 Å². The Hall–Kier alpha value is -4.80. The third-order valence-electron chi connectivity index (χ3n) is 9.57. The second kappa shape index (κ2) is 7.53. The van der Waals surface area contributed by atoms with Crippen LogP contribution in [0.5, 0.6) is 23.0 Å². The molecule has 4 aliphatic heterocycles. The first-order valence-corrected chi connectivity index (χ1v) is 15.2. The van der Waals surface area contributed by atoms with Crippen molar-refractivity contribution in [3.8, 4) is 28.7 Å². The second-order valence-electron chi connectivity index (χ2n) is 11.5. The van der Waals surface area contributed by atoms with Crippen LogP contribution < -0.4 is 42.3 Å². The van der Waals surface area contributed by atoms with E-state index >= 15 is 0 Å². The molecule has 11 rings (SSSR count). The number of fused-ring (bicyclic) bond motifs is 13. The molecule has 192 valence electrons. The highest BCUT2D eigenvalue weighted by Crippen LogP contribution is 2.48. The van der Waals surface area contributed by atoms with Gasteiger partial charge in [-0.1, -0.05) is 108 Å². The van der Waals surface area contributed by atoms with Crippen LogP contribution in [0.3, 0.4) is 0 Å². The van der Waals surface area contributed by atoms with Gasteiger partial charge in [0.1, 0.15) is 23.0 Å². The van der Waals surface area contributed by atoms with Gasteiger partial charge in [-0.05, 0) is 46.1 Å². The van der Waals surface area contributed by atoms with Crippen LogP contribution in [0, 0.1) is 0 Å². The smallest absolute Gasteiger partial charge is 0.256 e. The normalized spacial score (nSPS) is 14.4. The van der Waals surface area contributed by atoms with E-state index in [1.807, 2.05) is 11.8 Å².